The lowest BCUT2D eigenvalue weighted by molar-refractivity contribution is -0.138. The Hall–Kier alpha value is -2.21. The summed E-state index contributed by atoms with van der Waals surface area (Å²) in [5.74, 6) is -2.79. The molecule has 142 valence electrons. The van der Waals surface area contributed by atoms with E-state index in [0.29, 0.717) is 0 Å². The minimum absolute atomic E-state index is 0.147. The summed E-state index contributed by atoms with van der Waals surface area (Å²) in [6.45, 7) is -0.782. The zero-order valence-corrected chi connectivity index (χ0v) is 16.0. The summed E-state index contributed by atoms with van der Waals surface area (Å²) in [5, 5.41) is 15.6. The Morgan fingerprint density at radius 1 is 1.04 bits per heavy atom. The van der Waals surface area contributed by atoms with Crippen LogP contribution in [-0.2, 0) is 30.5 Å². The number of rotatable bonds is 11. The average Bonchev–Trinajstić information content (AvgIpc) is 2.64. The van der Waals surface area contributed by atoms with E-state index < -0.39 is 30.4 Å². The number of hydrogen-bond donors (Lipinski definition) is 4. The average molecular weight is 484 g/mol. The van der Waals surface area contributed by atoms with Crippen LogP contribution in [0.4, 0.5) is 0 Å². The summed E-state index contributed by atoms with van der Waals surface area (Å²) in [5.41, 5.74) is 0.887. The maximum absolute atomic E-state index is 12.1. The molecule has 0 aliphatic rings. The number of benzene rings is 1. The van der Waals surface area contributed by atoms with Gasteiger partial charge in [0.2, 0.25) is 17.7 Å². The molecule has 4 N–H and O–H groups in total. The van der Waals surface area contributed by atoms with Crippen LogP contribution >= 0.6 is 22.6 Å². The van der Waals surface area contributed by atoms with Gasteiger partial charge in [-0.15, -0.1) is 0 Å². The molecule has 0 spiro atoms. The maximum Gasteiger partial charge on any atom is 0.322 e. The van der Waals surface area contributed by atoms with Gasteiger partial charge in [0.15, 0.2) is 0 Å². The number of alkyl halides is 1. The number of carbonyl (C=O) groups excluding carboxylic acids is 3. The third-order valence-corrected chi connectivity index (χ3v) is 3.72. The van der Waals surface area contributed by atoms with E-state index in [9.17, 15) is 19.2 Å². The van der Waals surface area contributed by atoms with Gasteiger partial charge in [-0.3, -0.25) is 19.2 Å². The fraction of sp³-hybridized carbons (Fsp3) is 0.375. The molecular weight excluding hydrogens is 464 g/mol. The van der Waals surface area contributed by atoms with Gasteiger partial charge in [0.25, 0.3) is 0 Å². The standard InChI is InChI=1S/C16H20IN3O6/c17-6-13(21)18-7-14(22)20-12(16(25)19-8-15(23)24)10-26-9-11-4-2-1-3-5-11/h1-5,12H,6-10H2,(H,18,21)(H,19,25)(H,20,22)(H,23,24)/i2+1,4+1,7+1,9+1,14+1,18+1,19+1. The Morgan fingerprint density at radius 2 is 1.73 bits per heavy atom. The van der Waals surface area contributed by atoms with Crippen LogP contribution in [-0.4, -0.2) is 59.0 Å². The highest BCUT2D eigenvalue weighted by Gasteiger charge is 2.21. The van der Waals surface area contributed by atoms with E-state index in [1.165, 1.54) is 0 Å². The normalized spacial score (nSPS) is 11.3. The number of nitrogens with one attached hydrogen (secondary N) is 3. The van der Waals surface area contributed by atoms with Gasteiger partial charge in [0.1, 0.15) is 12.6 Å². The van der Waals surface area contributed by atoms with Crippen molar-refractivity contribution in [1.29, 1.82) is 0 Å². The summed E-state index contributed by atoms with van der Waals surface area (Å²) < 4.78 is 5.65. The molecule has 0 heterocycles. The van der Waals surface area contributed by atoms with Gasteiger partial charge < -0.3 is 25.8 Å². The van der Waals surface area contributed by atoms with Crippen LogP contribution in [0.3, 0.4) is 0 Å². The summed E-state index contributed by atoms with van der Waals surface area (Å²) in [4.78, 5) is 45.7. The van der Waals surface area contributed by atoms with Gasteiger partial charge in [-0.05, 0) is 5.56 Å². The lowest BCUT2D eigenvalue weighted by Crippen LogP contribution is -2.52. The van der Waals surface area contributed by atoms with Gasteiger partial charge in [-0.25, -0.2) is 0 Å². The summed E-state index contributed by atoms with van der Waals surface area (Å²) >= 11 is 1.85. The smallest absolute Gasteiger partial charge is 0.322 e. The Morgan fingerprint density at radius 3 is 2.35 bits per heavy atom. The van der Waals surface area contributed by atoms with E-state index in [1.54, 1.807) is 0 Å². The van der Waals surface area contributed by atoms with Gasteiger partial charge >= 0.3 is 5.97 Å². The van der Waals surface area contributed by atoms with Crippen molar-refractivity contribution in [2.45, 2.75) is 12.6 Å². The third-order valence-electron chi connectivity index (χ3n) is 3.03. The Balaban J connectivity index is 2.56. The number of halogens is 1. The molecule has 0 fully saturated rings. The van der Waals surface area contributed by atoms with Crippen LogP contribution in [0.5, 0.6) is 0 Å². The number of carbonyl (C=O) groups is 4. The molecular formula is C16H20IN3O6. The SMILES string of the molecule is O=C(O)C[15NH]C(=O)C(CO[13CH2]c1ccc[13cH][13cH]1)N[13C](=O)[13CH2][15NH]C(=O)CI. The minimum Gasteiger partial charge on any atom is -0.480 e. The van der Waals surface area contributed by atoms with Crippen LogP contribution in [0.15, 0.2) is 30.3 Å². The van der Waals surface area contributed by atoms with E-state index in [4.69, 9.17) is 9.84 Å². The second kappa shape index (κ2) is 12.2. The van der Waals surface area contributed by atoms with Crippen molar-refractivity contribution in [3.63, 3.8) is 0 Å². The van der Waals surface area contributed by atoms with Gasteiger partial charge in [0.05, 0.1) is 24.2 Å². The van der Waals surface area contributed by atoms with Crippen molar-refractivity contribution >= 4 is 46.3 Å². The van der Waals surface area contributed by atoms with E-state index in [1.807, 2.05) is 52.9 Å². The molecule has 0 saturated heterocycles. The molecule has 1 atom stereocenters. The molecule has 0 bridgehead atoms. The van der Waals surface area contributed by atoms with E-state index in [0.717, 1.165) is 5.56 Å². The maximum atomic E-state index is 12.1. The number of hydrogen-bond acceptors (Lipinski definition) is 5. The molecule has 26 heavy (non-hydrogen) atoms. The number of carboxylic acid groups (broad SMARTS) is 1. The largest absolute Gasteiger partial charge is 0.480 e. The molecule has 0 aromatic heterocycles. The van der Waals surface area contributed by atoms with Gasteiger partial charge in [-0.1, -0.05) is 52.9 Å². The number of ether oxygens (including phenoxy) is 1. The van der Waals surface area contributed by atoms with Crippen LogP contribution < -0.4 is 16.0 Å². The molecule has 0 aliphatic heterocycles. The molecule has 1 aromatic rings. The zero-order chi connectivity index (χ0) is 19.4. The van der Waals surface area contributed by atoms with E-state index in [-0.39, 0.29) is 30.1 Å². The molecule has 0 radical (unpaired) electrons. The number of carboxylic acids is 1. The van der Waals surface area contributed by atoms with Crippen molar-refractivity contribution in [3.8, 4) is 0 Å². The Bertz CT molecular complexity index is 626. The lowest BCUT2D eigenvalue weighted by atomic mass is 10.3. The second-order valence-corrected chi connectivity index (χ2v) is 5.91. The van der Waals surface area contributed by atoms with Crippen LogP contribution in [0, 0.1) is 0 Å². The lowest BCUT2D eigenvalue weighted by Gasteiger charge is -2.18. The number of aliphatic carboxylic acids is 1. The molecule has 0 saturated carbocycles. The van der Waals surface area contributed by atoms with Crippen molar-refractivity contribution in [1.82, 2.24) is 16.0 Å². The molecule has 10 heteroatoms. The predicted octanol–water partition coefficient (Wildman–Crippen LogP) is -0.560. The van der Waals surface area contributed by atoms with Crippen molar-refractivity contribution in [2.75, 3.05) is 24.1 Å². The van der Waals surface area contributed by atoms with Crippen LogP contribution in [0.2, 0.25) is 0 Å². The fourth-order valence-corrected chi connectivity index (χ4v) is 2.08. The number of amides is 3. The van der Waals surface area contributed by atoms with Crippen LogP contribution in [0.25, 0.3) is 0 Å². The first-order valence-electron chi connectivity index (χ1n) is 7.65. The molecule has 1 rings (SSSR count). The molecule has 9 nitrogen and oxygen atoms in total. The highest BCUT2D eigenvalue weighted by atomic mass is 127. The Kier molecular flexibility index (Phi) is 10.2. The first kappa shape index (κ1) is 21.8. The zero-order valence-electron chi connectivity index (χ0n) is 13.9. The first-order valence-corrected chi connectivity index (χ1v) is 9.18. The van der Waals surface area contributed by atoms with Gasteiger partial charge in [0, 0.05) is 0 Å². The van der Waals surface area contributed by atoms with Crippen molar-refractivity contribution in [3.05, 3.63) is 35.9 Å². The fourth-order valence-electron chi connectivity index (χ4n) is 1.81. The highest BCUT2D eigenvalue weighted by Crippen LogP contribution is 2.01. The summed E-state index contributed by atoms with van der Waals surface area (Å²) in [6.07, 6.45) is 0. The van der Waals surface area contributed by atoms with Crippen molar-refractivity contribution in [2.24, 2.45) is 0 Å². The highest BCUT2D eigenvalue weighted by molar-refractivity contribution is 14.1. The monoisotopic (exact) mass is 484 g/mol. The second-order valence-electron chi connectivity index (χ2n) is 5.14. The molecule has 3 amide bonds. The summed E-state index contributed by atoms with van der Waals surface area (Å²) in [7, 11) is 0. The summed E-state index contributed by atoms with van der Waals surface area (Å²) in [6, 6.07) is 8.15. The van der Waals surface area contributed by atoms with E-state index in [2.05, 4.69) is 16.0 Å². The Labute approximate surface area is 164 Å². The topological polar surface area (TPSA) is 134 Å². The van der Waals surface area contributed by atoms with Crippen LogP contribution in [0.1, 0.15) is 5.56 Å². The molecule has 1 aromatic carbocycles. The quantitative estimate of drug-likeness (QED) is 0.144. The molecule has 1 unspecified atom stereocenters. The van der Waals surface area contributed by atoms with Crippen molar-refractivity contribution < 1.29 is 29.0 Å². The third kappa shape index (κ3) is 9.32. The predicted molar refractivity (Wildman–Crippen MR) is 101 cm³/mol. The minimum atomic E-state index is -1.21. The molecule has 0 aliphatic carbocycles. The first-order chi connectivity index (χ1) is 12.4. The van der Waals surface area contributed by atoms with E-state index >= 15 is 0 Å². The van der Waals surface area contributed by atoms with Gasteiger partial charge in [-0.2, -0.15) is 0 Å².